The van der Waals surface area contributed by atoms with E-state index in [1.54, 1.807) is 24.3 Å². The van der Waals surface area contributed by atoms with Crippen molar-refractivity contribution in [2.24, 2.45) is 0 Å². The Hall–Kier alpha value is -2.67. The molecule has 23 heavy (non-hydrogen) atoms. The molecular weight excluding hydrogens is 319 g/mol. The highest BCUT2D eigenvalue weighted by molar-refractivity contribution is 7.22. The van der Waals surface area contributed by atoms with Crippen LogP contribution in [0.15, 0.2) is 36.4 Å². The highest BCUT2D eigenvalue weighted by Gasteiger charge is 2.17. The van der Waals surface area contributed by atoms with Gasteiger partial charge in [0.2, 0.25) is 0 Å². The molecule has 0 aliphatic heterocycles. The van der Waals surface area contributed by atoms with E-state index < -0.39 is 0 Å². The minimum Gasteiger partial charge on any atom is -0.493 e. The van der Waals surface area contributed by atoms with Crippen molar-refractivity contribution in [2.45, 2.75) is 0 Å². The first-order chi connectivity index (χ1) is 11.1. The lowest BCUT2D eigenvalue weighted by Crippen LogP contribution is -2.13. The van der Waals surface area contributed by atoms with Gasteiger partial charge in [-0.2, -0.15) is 0 Å². The van der Waals surface area contributed by atoms with E-state index in [2.05, 4.69) is 10.3 Å². The van der Waals surface area contributed by atoms with Crippen molar-refractivity contribution < 1.29 is 18.7 Å². The van der Waals surface area contributed by atoms with Crippen molar-refractivity contribution in [1.29, 1.82) is 0 Å². The number of halogens is 1. The second-order valence-electron chi connectivity index (χ2n) is 4.63. The highest BCUT2D eigenvalue weighted by Crippen LogP contribution is 2.32. The van der Waals surface area contributed by atoms with Gasteiger partial charge in [-0.05, 0) is 30.3 Å². The second kappa shape index (κ2) is 6.21. The van der Waals surface area contributed by atoms with Crippen molar-refractivity contribution >= 4 is 32.6 Å². The summed E-state index contributed by atoms with van der Waals surface area (Å²) < 4.78 is 24.3. The van der Waals surface area contributed by atoms with Crippen molar-refractivity contribution in [2.75, 3.05) is 19.5 Å². The molecule has 1 N–H and O–H groups in total. The molecule has 0 unspecified atom stereocenters. The summed E-state index contributed by atoms with van der Waals surface area (Å²) in [5.74, 6) is 0.0972. The number of amides is 1. The molecule has 1 amide bonds. The Balaban J connectivity index is 1.91. The number of hydrogen-bond acceptors (Lipinski definition) is 5. The van der Waals surface area contributed by atoms with E-state index in [-0.39, 0.29) is 11.7 Å². The first-order valence-electron chi connectivity index (χ1n) is 6.71. The van der Waals surface area contributed by atoms with E-state index >= 15 is 0 Å². The van der Waals surface area contributed by atoms with Crippen LogP contribution in [0.1, 0.15) is 10.4 Å². The number of carbonyl (C=O) groups excluding carboxylic acids is 1. The molecule has 0 saturated carbocycles. The fourth-order valence-corrected chi connectivity index (χ4v) is 3.07. The molecule has 0 aliphatic carbocycles. The molecule has 3 rings (SSSR count). The van der Waals surface area contributed by atoms with Crippen molar-refractivity contribution in [3.05, 3.63) is 47.8 Å². The van der Waals surface area contributed by atoms with Gasteiger partial charge in [-0.25, -0.2) is 9.37 Å². The van der Waals surface area contributed by atoms with E-state index in [9.17, 15) is 9.18 Å². The van der Waals surface area contributed by atoms with Crippen LogP contribution in [0.2, 0.25) is 0 Å². The Morgan fingerprint density at radius 2 is 2.04 bits per heavy atom. The second-order valence-corrected chi connectivity index (χ2v) is 5.66. The number of fused-ring (bicyclic) bond motifs is 1. The zero-order valence-electron chi connectivity index (χ0n) is 12.4. The molecule has 2 aromatic carbocycles. The molecule has 0 atom stereocenters. The fourth-order valence-electron chi connectivity index (χ4n) is 2.18. The van der Waals surface area contributed by atoms with Crippen LogP contribution in [0, 0.1) is 5.82 Å². The van der Waals surface area contributed by atoms with Crippen LogP contribution in [0.5, 0.6) is 11.5 Å². The number of para-hydroxylation sites is 1. The number of rotatable bonds is 4. The maximum atomic E-state index is 13.2. The maximum Gasteiger partial charge on any atom is 0.261 e. The van der Waals surface area contributed by atoms with Gasteiger partial charge in [-0.3, -0.25) is 10.1 Å². The van der Waals surface area contributed by atoms with Crippen LogP contribution in [0.3, 0.4) is 0 Å². The van der Waals surface area contributed by atoms with Crippen LogP contribution in [-0.4, -0.2) is 25.1 Å². The van der Waals surface area contributed by atoms with Gasteiger partial charge in [0.25, 0.3) is 5.91 Å². The summed E-state index contributed by atoms with van der Waals surface area (Å²) in [7, 11) is 2.97. The van der Waals surface area contributed by atoms with Crippen LogP contribution in [-0.2, 0) is 0 Å². The van der Waals surface area contributed by atoms with Gasteiger partial charge in [0.1, 0.15) is 5.82 Å². The van der Waals surface area contributed by atoms with Gasteiger partial charge in [0.15, 0.2) is 16.6 Å². The summed E-state index contributed by atoms with van der Waals surface area (Å²) in [6.07, 6.45) is 0. The standard InChI is InChI=1S/C16H13FN2O3S/c1-21-12-5-3-4-10(14(12)22-2)15(20)19-16-18-11-7-6-9(17)8-13(11)23-16/h3-8H,1-2H3,(H,18,19,20). The number of methoxy groups -OCH3 is 2. The minimum atomic E-state index is -0.375. The molecule has 0 fully saturated rings. The summed E-state index contributed by atoms with van der Waals surface area (Å²) in [6, 6.07) is 9.32. The third-order valence-electron chi connectivity index (χ3n) is 3.22. The van der Waals surface area contributed by atoms with E-state index in [0.717, 1.165) is 0 Å². The predicted molar refractivity (Wildman–Crippen MR) is 87.1 cm³/mol. The SMILES string of the molecule is COc1cccc(C(=O)Nc2nc3ccc(F)cc3s2)c1OC. The minimum absolute atomic E-state index is 0.331. The summed E-state index contributed by atoms with van der Waals surface area (Å²) in [6.45, 7) is 0. The smallest absolute Gasteiger partial charge is 0.261 e. The van der Waals surface area contributed by atoms with Crippen molar-refractivity contribution in [3.8, 4) is 11.5 Å². The molecular formula is C16H13FN2O3S. The number of hydrogen-bond donors (Lipinski definition) is 1. The molecule has 5 nitrogen and oxygen atoms in total. The Kier molecular flexibility index (Phi) is 4.12. The van der Waals surface area contributed by atoms with Crippen molar-refractivity contribution in [3.63, 3.8) is 0 Å². The third-order valence-corrected chi connectivity index (χ3v) is 4.15. The van der Waals surface area contributed by atoms with Crippen molar-refractivity contribution in [1.82, 2.24) is 4.98 Å². The van der Waals surface area contributed by atoms with Crippen LogP contribution in [0.25, 0.3) is 10.2 Å². The molecule has 1 heterocycles. The molecule has 0 saturated heterocycles. The molecule has 0 spiro atoms. The van der Waals surface area contributed by atoms with Gasteiger partial charge in [-0.15, -0.1) is 0 Å². The topological polar surface area (TPSA) is 60.5 Å². The highest BCUT2D eigenvalue weighted by atomic mass is 32.1. The summed E-state index contributed by atoms with van der Waals surface area (Å²) in [4.78, 5) is 16.7. The Labute approximate surface area is 135 Å². The first-order valence-corrected chi connectivity index (χ1v) is 7.52. The lowest BCUT2D eigenvalue weighted by molar-refractivity contribution is 0.102. The number of benzene rings is 2. The van der Waals surface area contributed by atoms with Gasteiger partial charge < -0.3 is 9.47 Å². The van der Waals surface area contributed by atoms with Crippen LogP contribution >= 0.6 is 11.3 Å². The average molecular weight is 332 g/mol. The Morgan fingerprint density at radius 1 is 1.22 bits per heavy atom. The number of aromatic nitrogens is 1. The molecule has 1 aromatic heterocycles. The zero-order valence-corrected chi connectivity index (χ0v) is 13.2. The van der Waals surface area contributed by atoms with E-state index in [1.807, 2.05) is 0 Å². The molecule has 0 radical (unpaired) electrons. The Morgan fingerprint density at radius 3 is 2.78 bits per heavy atom. The van der Waals surface area contributed by atoms with Gasteiger partial charge in [0.05, 0.1) is 30.0 Å². The molecule has 3 aromatic rings. The number of ether oxygens (including phenoxy) is 2. The largest absolute Gasteiger partial charge is 0.493 e. The zero-order chi connectivity index (χ0) is 16.4. The number of anilines is 1. The van der Waals surface area contributed by atoms with E-state index in [1.165, 1.54) is 37.7 Å². The predicted octanol–water partition coefficient (Wildman–Crippen LogP) is 3.70. The lowest BCUT2D eigenvalue weighted by Gasteiger charge is -2.11. The summed E-state index contributed by atoms with van der Waals surface area (Å²) in [5.41, 5.74) is 0.960. The van der Waals surface area contributed by atoms with Gasteiger partial charge in [-0.1, -0.05) is 17.4 Å². The lowest BCUT2D eigenvalue weighted by atomic mass is 10.1. The van der Waals surface area contributed by atoms with Crippen LogP contribution < -0.4 is 14.8 Å². The normalized spacial score (nSPS) is 10.6. The quantitative estimate of drug-likeness (QED) is 0.791. The average Bonchev–Trinajstić information content (AvgIpc) is 2.95. The molecule has 118 valence electrons. The number of carbonyl (C=O) groups is 1. The third kappa shape index (κ3) is 2.95. The van der Waals surface area contributed by atoms with Gasteiger partial charge in [0, 0.05) is 0 Å². The first kappa shape index (κ1) is 15.2. The Bertz CT molecular complexity index is 879. The monoisotopic (exact) mass is 332 g/mol. The summed E-state index contributed by atoms with van der Waals surface area (Å²) >= 11 is 1.20. The molecule has 0 bridgehead atoms. The van der Waals surface area contributed by atoms with E-state index in [0.29, 0.717) is 32.4 Å². The van der Waals surface area contributed by atoms with E-state index in [4.69, 9.17) is 9.47 Å². The number of nitrogens with zero attached hydrogens (tertiary/aromatic N) is 1. The summed E-state index contributed by atoms with van der Waals surface area (Å²) in [5, 5.41) is 3.09. The maximum absolute atomic E-state index is 13.2. The van der Waals surface area contributed by atoms with Gasteiger partial charge >= 0.3 is 0 Å². The number of thiazole rings is 1. The fraction of sp³-hybridized carbons (Fsp3) is 0.125. The number of nitrogens with one attached hydrogen (secondary N) is 1. The molecule has 7 heteroatoms. The molecule has 0 aliphatic rings. The van der Waals surface area contributed by atoms with Crippen LogP contribution in [0.4, 0.5) is 9.52 Å².